The second kappa shape index (κ2) is 7.11. The summed E-state index contributed by atoms with van der Waals surface area (Å²) in [6, 6.07) is 3.05. The third kappa shape index (κ3) is 5.15. The van der Waals surface area contributed by atoms with Gasteiger partial charge in [-0.05, 0) is 52.9 Å². The van der Waals surface area contributed by atoms with E-state index in [1.807, 2.05) is 0 Å². The van der Waals surface area contributed by atoms with Gasteiger partial charge >= 0.3 is 6.18 Å². The SMILES string of the molecule is CC(C)CCCNC(=O)c1cc(C(F)(F)F)ccc1Br. The van der Waals surface area contributed by atoms with E-state index in [1.165, 1.54) is 6.07 Å². The van der Waals surface area contributed by atoms with Gasteiger partial charge in [-0.1, -0.05) is 13.8 Å². The first-order valence-corrected chi connectivity index (χ1v) is 7.16. The zero-order valence-corrected chi connectivity index (χ0v) is 12.9. The summed E-state index contributed by atoms with van der Waals surface area (Å²) in [5, 5.41) is 2.64. The smallest absolute Gasteiger partial charge is 0.352 e. The standard InChI is InChI=1S/C14H17BrF3NO/c1-9(2)4-3-7-19-13(20)11-8-10(14(16,17)18)5-6-12(11)15/h5-6,8-9H,3-4,7H2,1-2H3,(H,19,20). The minimum Gasteiger partial charge on any atom is -0.352 e. The van der Waals surface area contributed by atoms with E-state index in [9.17, 15) is 18.0 Å². The molecule has 0 aliphatic heterocycles. The first kappa shape index (κ1) is 17.0. The lowest BCUT2D eigenvalue weighted by Crippen LogP contribution is -2.25. The van der Waals surface area contributed by atoms with Crippen molar-refractivity contribution in [3.63, 3.8) is 0 Å². The monoisotopic (exact) mass is 351 g/mol. The fraction of sp³-hybridized carbons (Fsp3) is 0.500. The predicted molar refractivity (Wildman–Crippen MR) is 75.5 cm³/mol. The summed E-state index contributed by atoms with van der Waals surface area (Å²) in [5.74, 6) is 0.0407. The van der Waals surface area contributed by atoms with Crippen molar-refractivity contribution in [2.45, 2.75) is 32.9 Å². The third-order valence-electron chi connectivity index (χ3n) is 2.78. The number of rotatable bonds is 5. The zero-order valence-electron chi connectivity index (χ0n) is 11.4. The molecule has 0 saturated carbocycles. The van der Waals surface area contributed by atoms with E-state index >= 15 is 0 Å². The van der Waals surface area contributed by atoms with Crippen molar-refractivity contribution in [2.24, 2.45) is 5.92 Å². The van der Waals surface area contributed by atoms with E-state index in [0.717, 1.165) is 25.0 Å². The van der Waals surface area contributed by atoms with Crippen molar-refractivity contribution < 1.29 is 18.0 Å². The number of carbonyl (C=O) groups is 1. The third-order valence-corrected chi connectivity index (χ3v) is 3.47. The van der Waals surface area contributed by atoms with Gasteiger partial charge in [-0.2, -0.15) is 13.2 Å². The van der Waals surface area contributed by atoms with Crippen molar-refractivity contribution in [1.29, 1.82) is 0 Å². The number of carbonyl (C=O) groups excluding carboxylic acids is 1. The van der Waals surface area contributed by atoms with Gasteiger partial charge in [-0.3, -0.25) is 4.79 Å². The quantitative estimate of drug-likeness (QED) is 0.769. The average Bonchev–Trinajstić information content (AvgIpc) is 2.33. The average molecular weight is 352 g/mol. The van der Waals surface area contributed by atoms with Crippen molar-refractivity contribution in [3.8, 4) is 0 Å². The number of hydrogen-bond acceptors (Lipinski definition) is 1. The van der Waals surface area contributed by atoms with Crippen LogP contribution < -0.4 is 5.32 Å². The predicted octanol–water partition coefficient (Wildman–Crippen LogP) is 4.63. The van der Waals surface area contributed by atoms with Gasteiger partial charge in [0.15, 0.2) is 0 Å². The Hall–Kier alpha value is -1.04. The van der Waals surface area contributed by atoms with E-state index in [-0.39, 0.29) is 5.56 Å². The zero-order chi connectivity index (χ0) is 15.3. The maximum Gasteiger partial charge on any atom is 0.416 e. The van der Waals surface area contributed by atoms with Crippen LogP contribution in [0.3, 0.4) is 0 Å². The Morgan fingerprint density at radius 1 is 1.35 bits per heavy atom. The highest BCUT2D eigenvalue weighted by atomic mass is 79.9. The van der Waals surface area contributed by atoms with Crippen LogP contribution in [-0.4, -0.2) is 12.5 Å². The lowest BCUT2D eigenvalue weighted by Gasteiger charge is -2.11. The highest BCUT2D eigenvalue weighted by Gasteiger charge is 2.31. The van der Waals surface area contributed by atoms with Crippen LogP contribution in [0.15, 0.2) is 22.7 Å². The highest BCUT2D eigenvalue weighted by Crippen LogP contribution is 2.31. The topological polar surface area (TPSA) is 29.1 Å². The molecule has 6 heteroatoms. The Morgan fingerprint density at radius 2 is 2.00 bits per heavy atom. The maximum absolute atomic E-state index is 12.6. The van der Waals surface area contributed by atoms with Gasteiger partial charge in [-0.25, -0.2) is 0 Å². The van der Waals surface area contributed by atoms with Crippen molar-refractivity contribution in [1.82, 2.24) is 5.32 Å². The lowest BCUT2D eigenvalue weighted by atomic mass is 10.1. The Bertz CT molecular complexity index is 472. The number of halogens is 4. The molecule has 1 aromatic rings. The van der Waals surface area contributed by atoms with Crippen LogP contribution in [0.5, 0.6) is 0 Å². The summed E-state index contributed by atoms with van der Waals surface area (Å²) in [4.78, 5) is 11.9. The summed E-state index contributed by atoms with van der Waals surface area (Å²) >= 11 is 3.10. The van der Waals surface area contributed by atoms with Crippen LogP contribution >= 0.6 is 15.9 Å². The molecule has 0 bridgehead atoms. The molecule has 0 radical (unpaired) electrons. The molecule has 112 valence electrons. The molecule has 2 nitrogen and oxygen atoms in total. The van der Waals surface area contributed by atoms with Crippen LogP contribution in [-0.2, 0) is 6.18 Å². The van der Waals surface area contributed by atoms with E-state index in [0.29, 0.717) is 16.9 Å². The molecule has 0 saturated heterocycles. The Morgan fingerprint density at radius 3 is 2.55 bits per heavy atom. The fourth-order valence-corrected chi connectivity index (χ4v) is 2.11. The molecule has 0 aliphatic carbocycles. The van der Waals surface area contributed by atoms with Crippen LogP contribution in [0.1, 0.15) is 42.6 Å². The van der Waals surface area contributed by atoms with E-state index in [2.05, 4.69) is 35.1 Å². The molecule has 0 atom stereocenters. The maximum atomic E-state index is 12.6. The number of alkyl halides is 3. The van der Waals surface area contributed by atoms with Crippen LogP contribution in [0.2, 0.25) is 0 Å². The van der Waals surface area contributed by atoms with Gasteiger partial charge in [0.1, 0.15) is 0 Å². The van der Waals surface area contributed by atoms with Gasteiger partial charge in [0.2, 0.25) is 0 Å². The molecule has 1 aromatic carbocycles. The van der Waals surface area contributed by atoms with Gasteiger partial charge < -0.3 is 5.32 Å². The van der Waals surface area contributed by atoms with Gasteiger partial charge in [-0.15, -0.1) is 0 Å². The Balaban J connectivity index is 2.72. The molecule has 0 fully saturated rings. The molecule has 1 amide bonds. The van der Waals surface area contributed by atoms with Crippen molar-refractivity contribution in [3.05, 3.63) is 33.8 Å². The van der Waals surface area contributed by atoms with Crippen LogP contribution in [0, 0.1) is 5.92 Å². The fourth-order valence-electron chi connectivity index (χ4n) is 1.68. The second-order valence-electron chi connectivity index (χ2n) is 4.98. The first-order chi connectivity index (χ1) is 9.21. The van der Waals surface area contributed by atoms with E-state index in [1.54, 1.807) is 0 Å². The minimum absolute atomic E-state index is 0.00405. The highest BCUT2D eigenvalue weighted by molar-refractivity contribution is 9.10. The normalized spacial score (nSPS) is 11.8. The molecule has 20 heavy (non-hydrogen) atoms. The van der Waals surface area contributed by atoms with Crippen LogP contribution in [0.4, 0.5) is 13.2 Å². The molecular weight excluding hydrogens is 335 g/mol. The first-order valence-electron chi connectivity index (χ1n) is 6.36. The Labute approximate surface area is 124 Å². The van der Waals surface area contributed by atoms with Gasteiger partial charge in [0.25, 0.3) is 5.91 Å². The summed E-state index contributed by atoms with van der Waals surface area (Å²) in [7, 11) is 0. The van der Waals surface area contributed by atoms with Crippen molar-refractivity contribution in [2.75, 3.05) is 6.54 Å². The molecule has 0 unspecified atom stereocenters. The Kier molecular flexibility index (Phi) is 6.05. The number of nitrogens with one attached hydrogen (secondary N) is 1. The summed E-state index contributed by atoms with van der Waals surface area (Å²) in [6.07, 6.45) is -2.68. The van der Waals surface area contributed by atoms with Crippen LogP contribution in [0.25, 0.3) is 0 Å². The largest absolute Gasteiger partial charge is 0.416 e. The lowest BCUT2D eigenvalue weighted by molar-refractivity contribution is -0.137. The summed E-state index contributed by atoms with van der Waals surface area (Å²) < 4.78 is 38.2. The van der Waals surface area contributed by atoms with E-state index in [4.69, 9.17) is 0 Å². The molecule has 1 rings (SSSR count). The second-order valence-corrected chi connectivity index (χ2v) is 5.84. The molecule has 0 spiro atoms. The summed E-state index contributed by atoms with van der Waals surface area (Å²) in [6.45, 7) is 4.61. The van der Waals surface area contributed by atoms with Gasteiger partial charge in [0.05, 0.1) is 11.1 Å². The molecule has 0 aromatic heterocycles. The number of hydrogen-bond donors (Lipinski definition) is 1. The van der Waals surface area contributed by atoms with E-state index < -0.39 is 17.6 Å². The van der Waals surface area contributed by atoms with Crippen molar-refractivity contribution >= 4 is 21.8 Å². The molecule has 0 heterocycles. The molecule has 0 aliphatic rings. The van der Waals surface area contributed by atoms with Gasteiger partial charge in [0, 0.05) is 11.0 Å². The number of benzene rings is 1. The molecular formula is C14H17BrF3NO. The summed E-state index contributed by atoms with van der Waals surface area (Å²) in [5.41, 5.74) is -0.822. The minimum atomic E-state index is -4.45. The number of amides is 1. The molecule has 1 N–H and O–H groups in total.